The van der Waals surface area contributed by atoms with Gasteiger partial charge >= 0.3 is 5.97 Å². The Hall–Kier alpha value is -2.14. The highest BCUT2D eigenvalue weighted by atomic mass is 127. The number of halogens is 1. The summed E-state index contributed by atoms with van der Waals surface area (Å²) in [5, 5.41) is 0. The van der Waals surface area contributed by atoms with Crippen molar-refractivity contribution in [3.63, 3.8) is 0 Å². The third-order valence-corrected chi connectivity index (χ3v) is 9.41. The standard InChI is InChI=1S/C32H33IO2/c1-28(2,33)27(34)35-32-21-29(24-12-6-3-7-13-24)18-30(22-32,25-14-8-4-9-15-25)20-31(19-29,23-32)26-16-10-5-11-17-26/h3-17H,18-23H2,1-2H3. The van der Waals surface area contributed by atoms with E-state index in [1.54, 1.807) is 0 Å². The van der Waals surface area contributed by atoms with Gasteiger partial charge in [-0.05, 0) is 69.1 Å². The molecule has 4 bridgehead atoms. The van der Waals surface area contributed by atoms with Crippen LogP contribution < -0.4 is 0 Å². The minimum Gasteiger partial charge on any atom is -0.458 e. The van der Waals surface area contributed by atoms with Gasteiger partial charge in [-0.2, -0.15) is 0 Å². The SMILES string of the molecule is CC(C)(I)C(=O)OC12CC3(c4ccccc4)CC(c4ccccc4)(C1)CC(c1ccccc1)(C2)C3. The Morgan fingerprint density at radius 1 is 0.629 bits per heavy atom. The van der Waals surface area contributed by atoms with E-state index in [1.807, 2.05) is 13.8 Å². The van der Waals surface area contributed by atoms with Crippen LogP contribution in [0.5, 0.6) is 0 Å². The minimum atomic E-state index is -0.555. The third kappa shape index (κ3) is 3.77. The van der Waals surface area contributed by atoms with Crippen molar-refractivity contribution < 1.29 is 9.53 Å². The predicted octanol–water partition coefficient (Wildman–Crippen LogP) is 7.68. The van der Waals surface area contributed by atoms with E-state index in [-0.39, 0.29) is 22.2 Å². The lowest BCUT2D eigenvalue weighted by molar-refractivity contribution is -0.202. The van der Waals surface area contributed by atoms with Gasteiger partial charge in [-0.3, -0.25) is 4.79 Å². The van der Waals surface area contributed by atoms with Crippen LogP contribution in [-0.2, 0) is 25.8 Å². The quantitative estimate of drug-likeness (QED) is 0.177. The Labute approximate surface area is 222 Å². The number of carbonyl (C=O) groups is 1. The zero-order valence-electron chi connectivity index (χ0n) is 20.6. The van der Waals surface area contributed by atoms with Crippen LogP contribution in [0.2, 0.25) is 0 Å². The second kappa shape index (κ2) is 7.93. The summed E-state index contributed by atoms with van der Waals surface area (Å²) in [6.07, 6.45) is 6.05. The van der Waals surface area contributed by atoms with Crippen LogP contribution in [0.4, 0.5) is 0 Å². The van der Waals surface area contributed by atoms with Crippen molar-refractivity contribution in [2.24, 2.45) is 0 Å². The summed E-state index contributed by atoms with van der Waals surface area (Å²) in [7, 11) is 0. The van der Waals surface area contributed by atoms with Gasteiger partial charge in [-0.1, -0.05) is 114 Å². The molecule has 3 aromatic carbocycles. The number of hydrogen-bond donors (Lipinski definition) is 0. The van der Waals surface area contributed by atoms with Gasteiger partial charge in [-0.15, -0.1) is 0 Å². The molecule has 0 aromatic heterocycles. The van der Waals surface area contributed by atoms with Crippen molar-refractivity contribution in [3.8, 4) is 0 Å². The van der Waals surface area contributed by atoms with Crippen LogP contribution in [0, 0.1) is 0 Å². The van der Waals surface area contributed by atoms with E-state index in [2.05, 4.69) is 114 Å². The normalized spacial score (nSPS) is 33.5. The maximum absolute atomic E-state index is 13.4. The lowest BCUT2D eigenvalue weighted by Crippen LogP contribution is -2.69. The molecule has 4 fully saturated rings. The monoisotopic (exact) mass is 576 g/mol. The summed E-state index contributed by atoms with van der Waals surface area (Å²) in [6, 6.07) is 33.2. The fourth-order valence-corrected chi connectivity index (χ4v) is 8.37. The van der Waals surface area contributed by atoms with Gasteiger partial charge in [0.25, 0.3) is 0 Å². The van der Waals surface area contributed by atoms with Gasteiger partial charge in [0.15, 0.2) is 0 Å². The summed E-state index contributed by atoms with van der Waals surface area (Å²) in [6.45, 7) is 3.92. The van der Waals surface area contributed by atoms with Crippen LogP contribution in [0.15, 0.2) is 91.0 Å². The molecular formula is C32H33IO2. The summed E-state index contributed by atoms with van der Waals surface area (Å²) >= 11 is 2.23. The minimum absolute atomic E-state index is 0.0304. The first-order valence-corrected chi connectivity index (χ1v) is 13.9. The van der Waals surface area contributed by atoms with Gasteiger partial charge in [-0.25, -0.2) is 0 Å². The second-order valence-electron chi connectivity index (χ2n) is 12.0. The molecule has 7 rings (SSSR count). The lowest BCUT2D eigenvalue weighted by Gasteiger charge is -2.70. The Morgan fingerprint density at radius 2 is 0.943 bits per heavy atom. The van der Waals surface area contributed by atoms with Gasteiger partial charge in [0, 0.05) is 16.2 Å². The van der Waals surface area contributed by atoms with Gasteiger partial charge in [0.2, 0.25) is 0 Å². The highest BCUT2D eigenvalue weighted by Gasteiger charge is 2.70. The number of esters is 1. The zero-order valence-corrected chi connectivity index (χ0v) is 22.8. The summed E-state index contributed by atoms with van der Waals surface area (Å²) in [5.74, 6) is -0.0883. The van der Waals surface area contributed by atoms with E-state index in [0.717, 1.165) is 38.5 Å². The molecule has 2 nitrogen and oxygen atoms in total. The largest absolute Gasteiger partial charge is 0.458 e. The number of alkyl halides is 1. The number of rotatable bonds is 5. The molecule has 0 heterocycles. The average molecular weight is 577 g/mol. The Bertz CT molecular complexity index is 1090. The molecule has 0 atom stereocenters. The third-order valence-electron chi connectivity index (χ3n) is 8.97. The predicted molar refractivity (Wildman–Crippen MR) is 149 cm³/mol. The van der Waals surface area contributed by atoms with E-state index in [0.29, 0.717) is 0 Å². The number of hydrogen-bond acceptors (Lipinski definition) is 2. The fraction of sp³-hybridized carbons (Fsp3) is 0.406. The summed E-state index contributed by atoms with van der Waals surface area (Å²) < 4.78 is 6.15. The van der Waals surface area contributed by atoms with Crippen molar-refractivity contribution >= 4 is 28.6 Å². The average Bonchev–Trinajstić information content (AvgIpc) is 2.84. The molecule has 3 heteroatoms. The van der Waals surface area contributed by atoms with Crippen molar-refractivity contribution in [1.29, 1.82) is 0 Å². The maximum atomic E-state index is 13.4. The van der Waals surface area contributed by atoms with E-state index in [1.165, 1.54) is 16.7 Å². The Kier molecular flexibility index (Phi) is 5.27. The van der Waals surface area contributed by atoms with E-state index in [9.17, 15) is 4.79 Å². The second-order valence-corrected chi connectivity index (χ2v) is 14.7. The van der Waals surface area contributed by atoms with Crippen LogP contribution in [0.1, 0.15) is 69.1 Å². The van der Waals surface area contributed by atoms with Crippen molar-refractivity contribution in [1.82, 2.24) is 0 Å². The molecule has 0 aliphatic heterocycles. The van der Waals surface area contributed by atoms with Gasteiger partial charge in [0.05, 0.1) is 0 Å². The molecule has 180 valence electrons. The van der Waals surface area contributed by atoms with Crippen molar-refractivity contribution in [3.05, 3.63) is 108 Å². The van der Waals surface area contributed by atoms with E-state index < -0.39 is 9.02 Å². The topological polar surface area (TPSA) is 26.3 Å². The van der Waals surface area contributed by atoms with Crippen LogP contribution in [-0.4, -0.2) is 15.0 Å². The first kappa shape index (κ1) is 23.3. The first-order chi connectivity index (χ1) is 16.7. The van der Waals surface area contributed by atoms with Crippen LogP contribution >= 0.6 is 22.6 Å². The smallest absolute Gasteiger partial charge is 0.322 e. The molecule has 4 aliphatic carbocycles. The summed E-state index contributed by atoms with van der Waals surface area (Å²) in [4.78, 5) is 13.4. The number of ether oxygens (including phenoxy) is 1. The van der Waals surface area contributed by atoms with Gasteiger partial charge < -0.3 is 4.74 Å². The van der Waals surface area contributed by atoms with Gasteiger partial charge in [0.1, 0.15) is 9.02 Å². The first-order valence-electron chi connectivity index (χ1n) is 12.8. The molecule has 0 radical (unpaired) electrons. The van der Waals surface area contributed by atoms with E-state index in [4.69, 9.17) is 4.74 Å². The van der Waals surface area contributed by atoms with Crippen LogP contribution in [0.3, 0.4) is 0 Å². The molecule has 0 N–H and O–H groups in total. The molecule has 35 heavy (non-hydrogen) atoms. The maximum Gasteiger partial charge on any atom is 0.322 e. The molecule has 3 aromatic rings. The van der Waals surface area contributed by atoms with Crippen molar-refractivity contribution in [2.45, 2.75) is 77.6 Å². The molecule has 4 aliphatic rings. The zero-order chi connectivity index (χ0) is 24.4. The molecule has 0 spiro atoms. The van der Waals surface area contributed by atoms with Crippen molar-refractivity contribution in [2.75, 3.05) is 0 Å². The highest BCUT2D eigenvalue weighted by molar-refractivity contribution is 14.1. The highest BCUT2D eigenvalue weighted by Crippen LogP contribution is 2.72. The molecule has 0 unspecified atom stereocenters. The molecule has 0 saturated heterocycles. The lowest BCUT2D eigenvalue weighted by atomic mass is 9.35. The van der Waals surface area contributed by atoms with E-state index >= 15 is 0 Å². The van der Waals surface area contributed by atoms with Crippen LogP contribution in [0.25, 0.3) is 0 Å². The number of carbonyl (C=O) groups excluding carboxylic acids is 1. The fourth-order valence-electron chi connectivity index (χ4n) is 8.26. The molecule has 0 amide bonds. The number of benzene rings is 3. The Morgan fingerprint density at radius 3 is 1.23 bits per heavy atom. The molecule has 4 saturated carbocycles. The molecular weight excluding hydrogens is 543 g/mol. The summed E-state index contributed by atoms with van der Waals surface area (Å²) in [5.41, 5.74) is 3.62. The Balaban J connectivity index is 1.59.